The van der Waals surface area contributed by atoms with Gasteiger partial charge in [-0.05, 0) is 18.8 Å². The Morgan fingerprint density at radius 1 is 1.56 bits per heavy atom. The number of rotatable bonds is 4. The highest BCUT2D eigenvalue weighted by molar-refractivity contribution is 5.98. The lowest BCUT2D eigenvalue weighted by molar-refractivity contribution is -0.131. The minimum absolute atomic E-state index is 0.00849. The van der Waals surface area contributed by atoms with Crippen molar-refractivity contribution < 1.29 is 14.7 Å². The summed E-state index contributed by atoms with van der Waals surface area (Å²) in [5.41, 5.74) is 5.29. The third-order valence-corrected chi connectivity index (χ3v) is 2.83. The quantitative estimate of drug-likeness (QED) is 0.307. The Morgan fingerprint density at radius 3 is 2.69 bits per heavy atom. The van der Waals surface area contributed by atoms with E-state index >= 15 is 0 Å². The number of oxime groups is 1. The largest absolute Gasteiger partial charge is 0.409 e. The van der Waals surface area contributed by atoms with E-state index in [1.807, 2.05) is 0 Å². The van der Waals surface area contributed by atoms with Crippen molar-refractivity contribution in [2.75, 3.05) is 26.8 Å². The summed E-state index contributed by atoms with van der Waals surface area (Å²) in [7, 11) is 1.69. The Morgan fingerprint density at radius 2 is 2.19 bits per heavy atom. The zero-order chi connectivity index (χ0) is 12.0. The molecule has 1 aliphatic rings. The van der Waals surface area contributed by atoms with Gasteiger partial charge in [-0.1, -0.05) is 5.16 Å². The second kappa shape index (κ2) is 6.32. The summed E-state index contributed by atoms with van der Waals surface area (Å²) in [5.74, 6) is 0.424. The first kappa shape index (κ1) is 12.8. The molecule has 0 atom stereocenters. The van der Waals surface area contributed by atoms with Crippen molar-refractivity contribution in [1.29, 1.82) is 0 Å². The maximum Gasteiger partial charge on any atom is 0.230 e. The summed E-state index contributed by atoms with van der Waals surface area (Å²) in [5, 5.41) is 11.2. The molecule has 1 aliphatic heterocycles. The van der Waals surface area contributed by atoms with Crippen LogP contribution in [0.25, 0.3) is 0 Å². The van der Waals surface area contributed by atoms with Crippen LogP contribution in [0.4, 0.5) is 0 Å². The Bertz CT molecular complexity index is 260. The van der Waals surface area contributed by atoms with Gasteiger partial charge in [-0.3, -0.25) is 4.79 Å². The molecule has 1 saturated heterocycles. The molecule has 92 valence electrons. The van der Waals surface area contributed by atoms with Crippen molar-refractivity contribution in [3.05, 3.63) is 0 Å². The number of amidine groups is 1. The molecule has 0 aromatic carbocycles. The highest BCUT2D eigenvalue weighted by atomic mass is 16.5. The number of amides is 1. The maximum atomic E-state index is 11.7. The van der Waals surface area contributed by atoms with Crippen LogP contribution in [0.1, 0.15) is 19.3 Å². The van der Waals surface area contributed by atoms with Crippen molar-refractivity contribution in [3.63, 3.8) is 0 Å². The standard InChI is InChI=1S/C10H19N3O3/c1-16-7-8-2-4-13(5-3-8)10(14)6-9(11)12-15/h8,15H,2-7H2,1H3,(H2,11,12). The van der Waals surface area contributed by atoms with Crippen LogP contribution in [-0.2, 0) is 9.53 Å². The van der Waals surface area contributed by atoms with E-state index in [1.54, 1.807) is 12.0 Å². The smallest absolute Gasteiger partial charge is 0.230 e. The predicted octanol–water partition coefficient (Wildman–Crippen LogP) is 0.00790. The first-order valence-corrected chi connectivity index (χ1v) is 5.40. The first-order chi connectivity index (χ1) is 7.67. The van der Waals surface area contributed by atoms with Gasteiger partial charge in [0.15, 0.2) is 0 Å². The fourth-order valence-corrected chi connectivity index (χ4v) is 1.89. The van der Waals surface area contributed by atoms with E-state index in [1.165, 1.54) is 0 Å². The SMILES string of the molecule is COCC1CCN(C(=O)CC(N)=NO)CC1. The molecule has 1 heterocycles. The molecule has 16 heavy (non-hydrogen) atoms. The third-order valence-electron chi connectivity index (χ3n) is 2.83. The Balaban J connectivity index is 2.33. The normalized spacial score (nSPS) is 18.8. The van der Waals surface area contributed by atoms with E-state index in [0.717, 1.165) is 32.5 Å². The van der Waals surface area contributed by atoms with E-state index in [4.69, 9.17) is 15.7 Å². The number of nitrogens with two attached hydrogens (primary N) is 1. The van der Waals surface area contributed by atoms with Crippen molar-refractivity contribution in [2.45, 2.75) is 19.3 Å². The molecule has 0 aromatic rings. The number of carbonyl (C=O) groups excluding carboxylic acids is 1. The van der Waals surface area contributed by atoms with Crippen LogP contribution in [0.2, 0.25) is 0 Å². The second-order valence-electron chi connectivity index (χ2n) is 4.05. The number of carbonyl (C=O) groups is 1. The molecule has 0 radical (unpaired) electrons. The van der Waals surface area contributed by atoms with Crippen LogP contribution in [-0.4, -0.2) is 48.7 Å². The van der Waals surface area contributed by atoms with Crippen molar-refractivity contribution >= 4 is 11.7 Å². The number of hydrogen-bond acceptors (Lipinski definition) is 4. The number of hydrogen-bond donors (Lipinski definition) is 2. The van der Waals surface area contributed by atoms with Crippen LogP contribution in [0.15, 0.2) is 5.16 Å². The van der Waals surface area contributed by atoms with Gasteiger partial charge in [-0.15, -0.1) is 0 Å². The topological polar surface area (TPSA) is 88.2 Å². The molecule has 1 amide bonds. The van der Waals surface area contributed by atoms with Crippen molar-refractivity contribution in [2.24, 2.45) is 16.8 Å². The number of nitrogens with zero attached hydrogens (tertiary/aromatic N) is 2. The lowest BCUT2D eigenvalue weighted by Crippen LogP contribution is -2.40. The molecular formula is C10H19N3O3. The van der Waals surface area contributed by atoms with E-state index in [9.17, 15) is 4.79 Å². The lowest BCUT2D eigenvalue weighted by Gasteiger charge is -2.31. The average Bonchev–Trinajstić information content (AvgIpc) is 2.30. The Kier molecular flexibility index (Phi) is 5.04. The van der Waals surface area contributed by atoms with E-state index in [0.29, 0.717) is 5.92 Å². The molecule has 6 nitrogen and oxygen atoms in total. The van der Waals surface area contributed by atoms with Gasteiger partial charge in [0.2, 0.25) is 5.91 Å². The van der Waals surface area contributed by atoms with Crippen LogP contribution in [0.3, 0.4) is 0 Å². The number of ether oxygens (including phenoxy) is 1. The number of likely N-dealkylation sites (tertiary alicyclic amines) is 1. The van der Waals surface area contributed by atoms with Crippen LogP contribution < -0.4 is 5.73 Å². The summed E-state index contributed by atoms with van der Waals surface area (Å²) in [4.78, 5) is 13.4. The Hall–Kier alpha value is -1.30. The molecule has 0 bridgehead atoms. The van der Waals surface area contributed by atoms with Crippen molar-refractivity contribution in [1.82, 2.24) is 4.90 Å². The molecule has 6 heteroatoms. The second-order valence-corrected chi connectivity index (χ2v) is 4.05. The van der Waals surface area contributed by atoms with Crippen LogP contribution >= 0.6 is 0 Å². The van der Waals surface area contributed by atoms with E-state index in [-0.39, 0.29) is 18.2 Å². The maximum absolute atomic E-state index is 11.7. The molecule has 0 aliphatic carbocycles. The van der Waals surface area contributed by atoms with Crippen LogP contribution in [0, 0.1) is 5.92 Å². The molecule has 0 aromatic heterocycles. The van der Waals surface area contributed by atoms with Gasteiger partial charge >= 0.3 is 0 Å². The minimum atomic E-state index is -0.0776. The van der Waals surface area contributed by atoms with Gasteiger partial charge in [-0.25, -0.2) is 0 Å². The fourth-order valence-electron chi connectivity index (χ4n) is 1.89. The molecule has 3 N–H and O–H groups in total. The zero-order valence-electron chi connectivity index (χ0n) is 9.56. The van der Waals surface area contributed by atoms with Gasteiger partial charge in [0.05, 0.1) is 6.42 Å². The van der Waals surface area contributed by atoms with Gasteiger partial charge < -0.3 is 20.6 Å². The van der Waals surface area contributed by atoms with Crippen LogP contribution in [0.5, 0.6) is 0 Å². The third kappa shape index (κ3) is 3.69. The predicted molar refractivity (Wildman–Crippen MR) is 59.2 cm³/mol. The zero-order valence-corrected chi connectivity index (χ0v) is 9.56. The molecule has 0 unspecified atom stereocenters. The van der Waals surface area contributed by atoms with E-state index in [2.05, 4.69) is 5.16 Å². The number of piperidine rings is 1. The summed E-state index contributed by atoms with van der Waals surface area (Å²) >= 11 is 0. The Labute approximate surface area is 95.0 Å². The summed E-state index contributed by atoms with van der Waals surface area (Å²) in [6.07, 6.45) is 1.90. The van der Waals surface area contributed by atoms with Gasteiger partial charge in [0, 0.05) is 26.8 Å². The van der Waals surface area contributed by atoms with Crippen molar-refractivity contribution in [3.8, 4) is 0 Å². The van der Waals surface area contributed by atoms with Gasteiger partial charge in [0.1, 0.15) is 5.84 Å². The summed E-state index contributed by atoms with van der Waals surface area (Å²) in [6, 6.07) is 0. The minimum Gasteiger partial charge on any atom is -0.409 e. The molecule has 1 fully saturated rings. The average molecular weight is 229 g/mol. The van der Waals surface area contributed by atoms with Gasteiger partial charge in [0.25, 0.3) is 0 Å². The first-order valence-electron chi connectivity index (χ1n) is 5.40. The summed E-state index contributed by atoms with van der Waals surface area (Å²) in [6.45, 7) is 2.21. The van der Waals surface area contributed by atoms with Gasteiger partial charge in [-0.2, -0.15) is 0 Å². The molecule has 0 spiro atoms. The molecule has 0 saturated carbocycles. The number of methoxy groups -OCH3 is 1. The summed E-state index contributed by atoms with van der Waals surface area (Å²) < 4.78 is 5.08. The van der Waals surface area contributed by atoms with E-state index < -0.39 is 0 Å². The highest BCUT2D eigenvalue weighted by Gasteiger charge is 2.22. The monoisotopic (exact) mass is 229 g/mol. The molecular weight excluding hydrogens is 210 g/mol. The highest BCUT2D eigenvalue weighted by Crippen LogP contribution is 2.17. The lowest BCUT2D eigenvalue weighted by atomic mass is 9.97. The fraction of sp³-hybridized carbons (Fsp3) is 0.800. The molecule has 1 rings (SSSR count).